The van der Waals surface area contributed by atoms with E-state index in [0.717, 1.165) is 29.2 Å². The van der Waals surface area contributed by atoms with Crippen LogP contribution in [0.1, 0.15) is 13.3 Å². The number of rotatable bonds is 4. The average molecular weight is 340 g/mol. The molecular weight excluding hydrogens is 319 g/mol. The minimum Gasteiger partial charge on any atom is -0.368 e. The van der Waals surface area contributed by atoms with Gasteiger partial charge >= 0.3 is 0 Å². The summed E-state index contributed by atoms with van der Waals surface area (Å²) in [4.78, 5) is 6.95. The Morgan fingerprint density at radius 1 is 1.21 bits per heavy atom. The smallest absolute Gasteiger partial charge is 0.119 e. The van der Waals surface area contributed by atoms with E-state index in [2.05, 4.69) is 59.3 Å². The number of alkyl halides is 1. The Morgan fingerprint density at radius 2 is 2.08 bits per heavy atom. The molecule has 0 saturated carbocycles. The third kappa shape index (κ3) is 2.91. The van der Waals surface area contributed by atoms with Crippen molar-refractivity contribution in [3.05, 3.63) is 48.5 Å². The largest absolute Gasteiger partial charge is 0.368 e. The van der Waals surface area contributed by atoms with Crippen molar-refractivity contribution in [1.29, 1.82) is 0 Å². The molecule has 1 fully saturated rings. The van der Waals surface area contributed by atoms with Gasteiger partial charge in [-0.25, -0.2) is 4.39 Å². The number of nitrogens with zero attached hydrogens (tertiary/aromatic N) is 1. The zero-order valence-electron chi connectivity index (χ0n) is 13.8. The standard InChI is InChI=1S/C20H21FN2S/c1-2-24-16-7-8-20(23-10-9-15(21)13-23)17(12-16)19-11-14-5-3-4-6-18(14)22-19/h3-8,11-12,15,22H,2,9-10,13H2,1H3. The molecule has 3 aromatic rings. The van der Waals surface area contributed by atoms with E-state index in [1.165, 1.54) is 15.8 Å². The molecule has 0 radical (unpaired) electrons. The molecule has 1 aliphatic rings. The Hall–Kier alpha value is -1.94. The third-order valence-electron chi connectivity index (χ3n) is 4.57. The Morgan fingerprint density at radius 3 is 2.83 bits per heavy atom. The maximum absolute atomic E-state index is 13.7. The van der Waals surface area contributed by atoms with E-state index in [1.54, 1.807) is 0 Å². The number of aromatic nitrogens is 1. The van der Waals surface area contributed by atoms with E-state index in [-0.39, 0.29) is 0 Å². The summed E-state index contributed by atoms with van der Waals surface area (Å²) in [6, 6.07) is 17.0. The van der Waals surface area contributed by atoms with Gasteiger partial charge in [0.1, 0.15) is 6.17 Å². The fraction of sp³-hybridized carbons (Fsp3) is 0.300. The number of benzene rings is 2. The molecule has 0 amide bonds. The topological polar surface area (TPSA) is 19.0 Å². The maximum Gasteiger partial charge on any atom is 0.119 e. The Kier molecular flexibility index (Phi) is 4.23. The molecule has 1 saturated heterocycles. The number of hydrogen-bond acceptors (Lipinski definition) is 2. The lowest BCUT2D eigenvalue weighted by molar-refractivity contribution is 0.364. The molecular formula is C20H21FN2S. The summed E-state index contributed by atoms with van der Waals surface area (Å²) >= 11 is 1.84. The second-order valence-electron chi connectivity index (χ2n) is 6.21. The second-order valence-corrected chi connectivity index (χ2v) is 7.55. The lowest BCUT2D eigenvalue weighted by Gasteiger charge is -2.21. The molecule has 24 heavy (non-hydrogen) atoms. The van der Waals surface area contributed by atoms with Crippen LogP contribution in [0, 0.1) is 0 Å². The second kappa shape index (κ2) is 6.52. The molecule has 0 aliphatic carbocycles. The maximum atomic E-state index is 13.7. The Bertz CT molecular complexity index is 825. The zero-order chi connectivity index (χ0) is 16.5. The molecule has 2 heterocycles. The number of halogens is 1. The van der Waals surface area contributed by atoms with Crippen LogP contribution in [0.2, 0.25) is 0 Å². The molecule has 4 heteroatoms. The summed E-state index contributed by atoms with van der Waals surface area (Å²) in [5.41, 5.74) is 4.53. The van der Waals surface area contributed by atoms with Crippen LogP contribution in [-0.4, -0.2) is 30.0 Å². The highest BCUT2D eigenvalue weighted by molar-refractivity contribution is 7.99. The van der Waals surface area contributed by atoms with Crippen molar-refractivity contribution < 1.29 is 4.39 Å². The fourth-order valence-electron chi connectivity index (χ4n) is 3.42. The molecule has 2 aromatic carbocycles. The molecule has 1 unspecified atom stereocenters. The summed E-state index contributed by atoms with van der Waals surface area (Å²) in [6.07, 6.45) is -0.0947. The van der Waals surface area contributed by atoms with Gasteiger partial charge in [0, 0.05) is 45.8 Å². The van der Waals surface area contributed by atoms with E-state index >= 15 is 0 Å². The molecule has 0 spiro atoms. The van der Waals surface area contributed by atoms with Crippen molar-refractivity contribution in [1.82, 2.24) is 4.98 Å². The summed E-state index contributed by atoms with van der Waals surface area (Å²) in [7, 11) is 0. The Balaban J connectivity index is 1.82. The first-order valence-corrected chi connectivity index (χ1v) is 9.47. The molecule has 2 nitrogen and oxygen atoms in total. The molecule has 1 aliphatic heterocycles. The number of nitrogens with one attached hydrogen (secondary N) is 1. The Labute approximate surface area is 146 Å². The van der Waals surface area contributed by atoms with Crippen LogP contribution < -0.4 is 4.90 Å². The van der Waals surface area contributed by atoms with Gasteiger partial charge in [-0.15, -0.1) is 11.8 Å². The molecule has 1 atom stereocenters. The minimum absolute atomic E-state index is 0.494. The SMILES string of the molecule is CCSc1ccc(N2CCC(F)C2)c(-c2cc3ccccc3[nH]2)c1. The minimum atomic E-state index is -0.717. The first-order chi connectivity index (χ1) is 11.7. The fourth-order valence-corrected chi connectivity index (χ4v) is 4.12. The van der Waals surface area contributed by atoms with E-state index in [4.69, 9.17) is 0 Å². The van der Waals surface area contributed by atoms with Gasteiger partial charge in [-0.2, -0.15) is 0 Å². The highest BCUT2D eigenvalue weighted by Gasteiger charge is 2.24. The lowest BCUT2D eigenvalue weighted by atomic mass is 10.1. The van der Waals surface area contributed by atoms with Crippen molar-refractivity contribution in [3.63, 3.8) is 0 Å². The van der Waals surface area contributed by atoms with Gasteiger partial charge in [0.05, 0.1) is 0 Å². The number of thioether (sulfide) groups is 1. The summed E-state index contributed by atoms with van der Waals surface area (Å²) < 4.78 is 13.7. The van der Waals surface area contributed by atoms with Crippen LogP contribution in [0.5, 0.6) is 0 Å². The number of H-pyrrole nitrogens is 1. The van der Waals surface area contributed by atoms with E-state index < -0.39 is 6.17 Å². The zero-order valence-corrected chi connectivity index (χ0v) is 14.6. The van der Waals surface area contributed by atoms with Crippen LogP contribution in [0.3, 0.4) is 0 Å². The summed E-state index contributed by atoms with van der Waals surface area (Å²) in [6.45, 7) is 3.44. The summed E-state index contributed by atoms with van der Waals surface area (Å²) in [5, 5.41) is 1.21. The van der Waals surface area contributed by atoms with Gasteiger partial charge in [-0.05, 0) is 42.5 Å². The van der Waals surface area contributed by atoms with E-state index in [1.807, 2.05) is 17.8 Å². The van der Waals surface area contributed by atoms with Gasteiger partial charge in [0.2, 0.25) is 0 Å². The average Bonchev–Trinajstić information content (AvgIpc) is 3.21. The highest BCUT2D eigenvalue weighted by atomic mass is 32.2. The van der Waals surface area contributed by atoms with Gasteiger partial charge < -0.3 is 9.88 Å². The van der Waals surface area contributed by atoms with Crippen molar-refractivity contribution in [2.24, 2.45) is 0 Å². The van der Waals surface area contributed by atoms with Gasteiger partial charge in [0.25, 0.3) is 0 Å². The number of anilines is 1. The van der Waals surface area contributed by atoms with E-state index in [9.17, 15) is 4.39 Å². The first kappa shape index (κ1) is 15.6. The normalized spacial score (nSPS) is 17.8. The first-order valence-electron chi connectivity index (χ1n) is 8.48. The molecule has 124 valence electrons. The van der Waals surface area contributed by atoms with Crippen molar-refractivity contribution >= 4 is 28.4 Å². The summed E-state index contributed by atoms with van der Waals surface area (Å²) in [5.74, 6) is 1.04. The van der Waals surface area contributed by atoms with Crippen LogP contribution in [0.4, 0.5) is 10.1 Å². The van der Waals surface area contributed by atoms with Crippen LogP contribution in [0.25, 0.3) is 22.2 Å². The number of hydrogen-bond donors (Lipinski definition) is 1. The number of para-hydroxylation sites is 1. The highest BCUT2D eigenvalue weighted by Crippen LogP contribution is 2.37. The van der Waals surface area contributed by atoms with Crippen LogP contribution in [0.15, 0.2) is 53.4 Å². The lowest BCUT2D eigenvalue weighted by Crippen LogP contribution is -2.20. The predicted octanol–water partition coefficient (Wildman–Crippen LogP) is 5.50. The van der Waals surface area contributed by atoms with Gasteiger partial charge in [0.15, 0.2) is 0 Å². The van der Waals surface area contributed by atoms with Crippen molar-refractivity contribution in [2.75, 3.05) is 23.7 Å². The third-order valence-corrected chi connectivity index (χ3v) is 5.45. The molecule has 1 N–H and O–H groups in total. The van der Waals surface area contributed by atoms with Crippen molar-refractivity contribution in [3.8, 4) is 11.3 Å². The molecule has 1 aromatic heterocycles. The van der Waals surface area contributed by atoms with Crippen LogP contribution >= 0.6 is 11.8 Å². The monoisotopic (exact) mass is 340 g/mol. The predicted molar refractivity (Wildman–Crippen MR) is 102 cm³/mol. The van der Waals surface area contributed by atoms with Crippen molar-refractivity contribution in [2.45, 2.75) is 24.4 Å². The number of aromatic amines is 1. The van der Waals surface area contributed by atoms with Gasteiger partial charge in [-0.3, -0.25) is 0 Å². The van der Waals surface area contributed by atoms with Gasteiger partial charge in [-0.1, -0.05) is 25.1 Å². The number of fused-ring (bicyclic) bond motifs is 1. The molecule has 4 rings (SSSR count). The quantitative estimate of drug-likeness (QED) is 0.633. The molecule has 0 bridgehead atoms. The van der Waals surface area contributed by atoms with Crippen LogP contribution in [-0.2, 0) is 0 Å². The van der Waals surface area contributed by atoms with E-state index in [0.29, 0.717) is 13.0 Å².